The number of nitro benzene ring substituents is 1. The highest BCUT2D eigenvalue weighted by atomic mass is 32.2. The summed E-state index contributed by atoms with van der Waals surface area (Å²) in [5, 5.41) is 10.6. The molecule has 0 atom stereocenters. The third-order valence-corrected chi connectivity index (χ3v) is 4.75. The standard InChI is InChI=1S/C16H15F3N2O5S/c1-2-9-26-15-8-3-11(16(17,18)19)10-14(15)20-27(24,25)13-6-4-12(5-7-13)21(22)23/h3-8,10,20H,2,9H2,1H3. The second-order valence-corrected chi connectivity index (χ2v) is 7.10. The van der Waals surface area contributed by atoms with Crippen LogP contribution in [0.15, 0.2) is 47.4 Å². The summed E-state index contributed by atoms with van der Waals surface area (Å²) in [6, 6.07) is 6.39. The lowest BCUT2D eigenvalue weighted by Crippen LogP contribution is -2.15. The summed E-state index contributed by atoms with van der Waals surface area (Å²) in [6.45, 7) is 1.96. The minimum Gasteiger partial charge on any atom is -0.491 e. The normalized spacial score (nSPS) is 11.9. The summed E-state index contributed by atoms with van der Waals surface area (Å²) in [7, 11) is -4.29. The fourth-order valence-corrected chi connectivity index (χ4v) is 3.14. The molecule has 2 aromatic carbocycles. The summed E-state index contributed by atoms with van der Waals surface area (Å²) < 4.78 is 71.1. The molecule has 0 aliphatic heterocycles. The van der Waals surface area contributed by atoms with Gasteiger partial charge in [0, 0.05) is 12.1 Å². The van der Waals surface area contributed by atoms with Gasteiger partial charge in [0.05, 0.1) is 27.7 Å². The van der Waals surface area contributed by atoms with E-state index >= 15 is 0 Å². The average Bonchev–Trinajstić information content (AvgIpc) is 2.59. The van der Waals surface area contributed by atoms with Gasteiger partial charge in [-0.1, -0.05) is 6.92 Å². The van der Waals surface area contributed by atoms with Crippen LogP contribution in [0, 0.1) is 10.1 Å². The molecule has 0 unspecified atom stereocenters. The van der Waals surface area contributed by atoms with Gasteiger partial charge in [0.25, 0.3) is 15.7 Å². The van der Waals surface area contributed by atoms with E-state index in [9.17, 15) is 31.7 Å². The van der Waals surface area contributed by atoms with Crippen molar-refractivity contribution < 1.29 is 31.2 Å². The number of anilines is 1. The molecule has 27 heavy (non-hydrogen) atoms. The van der Waals surface area contributed by atoms with Crippen molar-refractivity contribution in [2.24, 2.45) is 0 Å². The van der Waals surface area contributed by atoms with Crippen molar-refractivity contribution in [3.63, 3.8) is 0 Å². The molecule has 1 N–H and O–H groups in total. The van der Waals surface area contributed by atoms with Crippen molar-refractivity contribution in [1.82, 2.24) is 0 Å². The van der Waals surface area contributed by atoms with Crippen molar-refractivity contribution in [2.45, 2.75) is 24.4 Å². The molecule has 0 saturated carbocycles. The highest BCUT2D eigenvalue weighted by Gasteiger charge is 2.32. The molecular formula is C16H15F3N2O5S. The van der Waals surface area contributed by atoms with Crippen LogP contribution in [0.2, 0.25) is 0 Å². The summed E-state index contributed by atoms with van der Waals surface area (Å²) >= 11 is 0. The Morgan fingerprint density at radius 1 is 1.15 bits per heavy atom. The van der Waals surface area contributed by atoms with Gasteiger partial charge in [-0.25, -0.2) is 8.42 Å². The first-order chi connectivity index (χ1) is 12.5. The largest absolute Gasteiger partial charge is 0.491 e. The monoisotopic (exact) mass is 404 g/mol. The Hall–Kier alpha value is -2.82. The van der Waals surface area contributed by atoms with Crippen LogP contribution in [-0.4, -0.2) is 19.9 Å². The number of halogens is 3. The minimum atomic E-state index is -4.67. The van der Waals surface area contributed by atoms with Crippen LogP contribution in [0.5, 0.6) is 5.75 Å². The summed E-state index contributed by atoms with van der Waals surface area (Å²) in [5.74, 6) is -0.0599. The maximum absolute atomic E-state index is 12.9. The van der Waals surface area contributed by atoms with E-state index in [-0.39, 0.29) is 28.6 Å². The Bertz CT molecular complexity index is 928. The number of benzene rings is 2. The summed E-state index contributed by atoms with van der Waals surface area (Å²) in [5.41, 5.74) is -1.75. The van der Waals surface area contributed by atoms with E-state index < -0.39 is 26.7 Å². The zero-order chi connectivity index (χ0) is 20.2. The molecule has 0 aromatic heterocycles. The van der Waals surface area contributed by atoms with Crippen molar-refractivity contribution in [2.75, 3.05) is 11.3 Å². The van der Waals surface area contributed by atoms with E-state index in [1.165, 1.54) is 0 Å². The molecule has 0 spiro atoms. The SMILES string of the molecule is CCCOc1ccc(C(F)(F)F)cc1NS(=O)(=O)c1ccc([N+](=O)[O-])cc1. The van der Waals surface area contributed by atoms with Gasteiger partial charge in [0.2, 0.25) is 0 Å². The number of ether oxygens (including phenoxy) is 1. The molecule has 2 aromatic rings. The Morgan fingerprint density at radius 3 is 2.30 bits per heavy atom. The minimum absolute atomic E-state index is 0.0599. The average molecular weight is 404 g/mol. The van der Waals surface area contributed by atoms with Gasteiger partial charge in [0.1, 0.15) is 5.75 Å². The number of sulfonamides is 1. The lowest BCUT2D eigenvalue weighted by molar-refractivity contribution is -0.384. The Labute approximate surface area is 153 Å². The maximum atomic E-state index is 12.9. The van der Waals surface area contributed by atoms with Crippen LogP contribution in [0.4, 0.5) is 24.5 Å². The van der Waals surface area contributed by atoms with Crippen LogP contribution >= 0.6 is 0 Å². The molecule has 0 aliphatic rings. The summed E-state index contributed by atoms with van der Waals surface area (Å²) in [6.07, 6.45) is -4.10. The molecule has 0 fully saturated rings. The van der Waals surface area contributed by atoms with Gasteiger partial charge in [-0.3, -0.25) is 14.8 Å². The molecule has 0 radical (unpaired) electrons. The van der Waals surface area contributed by atoms with Crippen molar-refractivity contribution >= 4 is 21.4 Å². The number of rotatable bonds is 7. The Morgan fingerprint density at radius 2 is 1.78 bits per heavy atom. The van der Waals surface area contributed by atoms with Crippen LogP contribution in [0.1, 0.15) is 18.9 Å². The Kier molecular flexibility index (Phi) is 5.94. The smallest absolute Gasteiger partial charge is 0.416 e. The number of nitrogens with one attached hydrogen (secondary N) is 1. The molecular weight excluding hydrogens is 389 g/mol. The number of hydrogen-bond acceptors (Lipinski definition) is 5. The first kappa shape index (κ1) is 20.5. The van der Waals surface area contributed by atoms with Crippen molar-refractivity contribution in [3.05, 3.63) is 58.1 Å². The van der Waals surface area contributed by atoms with Gasteiger partial charge in [-0.15, -0.1) is 0 Å². The molecule has 0 saturated heterocycles. The molecule has 2 rings (SSSR count). The van der Waals surface area contributed by atoms with E-state index in [1.807, 2.05) is 0 Å². The van der Waals surface area contributed by atoms with Gasteiger partial charge in [0.15, 0.2) is 0 Å². The number of non-ortho nitro benzene ring substituents is 1. The number of nitro groups is 1. The highest BCUT2D eigenvalue weighted by Crippen LogP contribution is 2.36. The Balaban J connectivity index is 2.41. The predicted octanol–water partition coefficient (Wildman–Crippen LogP) is 4.20. The van der Waals surface area contributed by atoms with Gasteiger partial charge >= 0.3 is 6.18 Å². The molecule has 0 heterocycles. The van der Waals surface area contributed by atoms with E-state index in [4.69, 9.17) is 4.74 Å². The van der Waals surface area contributed by atoms with Crippen LogP contribution in [0.25, 0.3) is 0 Å². The van der Waals surface area contributed by atoms with E-state index in [1.54, 1.807) is 6.92 Å². The number of hydrogen-bond donors (Lipinski definition) is 1. The molecule has 11 heteroatoms. The van der Waals surface area contributed by atoms with Gasteiger partial charge < -0.3 is 4.74 Å². The third-order valence-electron chi connectivity index (χ3n) is 3.37. The van der Waals surface area contributed by atoms with E-state index in [0.717, 1.165) is 36.4 Å². The second kappa shape index (κ2) is 7.82. The quantitative estimate of drug-likeness (QED) is 0.551. The first-order valence-corrected chi connectivity index (χ1v) is 9.14. The fraction of sp³-hybridized carbons (Fsp3) is 0.250. The predicted molar refractivity (Wildman–Crippen MR) is 91.1 cm³/mol. The molecule has 0 amide bonds. The van der Waals surface area contributed by atoms with Crippen LogP contribution in [-0.2, 0) is 16.2 Å². The topological polar surface area (TPSA) is 98.5 Å². The van der Waals surface area contributed by atoms with Crippen LogP contribution in [0.3, 0.4) is 0 Å². The number of alkyl halides is 3. The third kappa shape index (κ3) is 5.09. The lowest BCUT2D eigenvalue weighted by atomic mass is 10.2. The number of nitrogens with zero attached hydrogens (tertiary/aromatic N) is 1. The lowest BCUT2D eigenvalue weighted by Gasteiger charge is -2.16. The van der Waals surface area contributed by atoms with E-state index in [2.05, 4.69) is 4.72 Å². The van der Waals surface area contributed by atoms with Crippen molar-refractivity contribution in [3.8, 4) is 5.75 Å². The molecule has 0 aliphatic carbocycles. The van der Waals surface area contributed by atoms with Crippen molar-refractivity contribution in [1.29, 1.82) is 0 Å². The molecule has 146 valence electrons. The van der Waals surface area contributed by atoms with Gasteiger partial charge in [-0.05, 0) is 36.8 Å². The fourth-order valence-electron chi connectivity index (χ4n) is 2.07. The molecule has 7 nitrogen and oxygen atoms in total. The zero-order valence-corrected chi connectivity index (χ0v) is 14.8. The van der Waals surface area contributed by atoms with Gasteiger partial charge in [-0.2, -0.15) is 13.2 Å². The maximum Gasteiger partial charge on any atom is 0.416 e. The first-order valence-electron chi connectivity index (χ1n) is 7.66. The van der Waals surface area contributed by atoms with E-state index in [0.29, 0.717) is 12.5 Å². The highest BCUT2D eigenvalue weighted by molar-refractivity contribution is 7.92. The summed E-state index contributed by atoms with van der Waals surface area (Å²) in [4.78, 5) is 9.61. The second-order valence-electron chi connectivity index (χ2n) is 5.41. The van der Waals surface area contributed by atoms with Crippen LogP contribution < -0.4 is 9.46 Å². The zero-order valence-electron chi connectivity index (χ0n) is 14.0. The molecule has 0 bridgehead atoms.